The van der Waals surface area contributed by atoms with Crippen molar-refractivity contribution in [2.24, 2.45) is 10.9 Å². The lowest BCUT2D eigenvalue weighted by Gasteiger charge is -2.14. The minimum Gasteiger partial charge on any atom is -0.469 e. The molecular formula is C16H17BrClNO4S. The first-order valence-electron chi connectivity index (χ1n) is 7.18. The lowest BCUT2D eigenvalue weighted by Crippen LogP contribution is -2.29. The van der Waals surface area contributed by atoms with Crippen molar-refractivity contribution >= 4 is 62.6 Å². The number of methoxy groups -OCH3 is 2. The molecule has 0 radical (unpaired) electrons. The van der Waals surface area contributed by atoms with Gasteiger partial charge in [-0.3, -0.25) is 14.6 Å². The molecule has 24 heavy (non-hydrogen) atoms. The number of ether oxygens (including phenoxy) is 2. The Hall–Kier alpha value is -1.05. The smallest absolute Gasteiger partial charge is 0.324 e. The molecule has 1 aromatic rings. The zero-order chi connectivity index (χ0) is 17.9. The lowest BCUT2D eigenvalue weighted by atomic mass is 9.98. The first kappa shape index (κ1) is 19.3. The van der Waals surface area contributed by atoms with Crippen molar-refractivity contribution in [1.29, 1.82) is 0 Å². The molecule has 130 valence electrons. The van der Waals surface area contributed by atoms with Crippen LogP contribution in [0.25, 0.3) is 0 Å². The number of hydrogen-bond acceptors (Lipinski definition) is 6. The third-order valence-electron chi connectivity index (χ3n) is 3.76. The minimum atomic E-state index is -0.532. The summed E-state index contributed by atoms with van der Waals surface area (Å²) in [6, 6.07) is 3.58. The van der Waals surface area contributed by atoms with E-state index in [9.17, 15) is 9.59 Å². The molecule has 1 aliphatic heterocycles. The van der Waals surface area contributed by atoms with Crippen LogP contribution in [0.2, 0.25) is 5.02 Å². The fourth-order valence-electron chi connectivity index (χ4n) is 2.40. The van der Waals surface area contributed by atoms with Crippen LogP contribution in [0.15, 0.2) is 21.6 Å². The lowest BCUT2D eigenvalue weighted by molar-refractivity contribution is -0.141. The maximum absolute atomic E-state index is 12.1. The van der Waals surface area contributed by atoms with Gasteiger partial charge in [-0.05, 0) is 40.5 Å². The summed E-state index contributed by atoms with van der Waals surface area (Å²) in [7, 11) is 2.69. The van der Waals surface area contributed by atoms with E-state index in [0.717, 1.165) is 10.0 Å². The quantitative estimate of drug-likeness (QED) is 0.671. The summed E-state index contributed by atoms with van der Waals surface area (Å²) in [6.07, 6.45) is 0.174. The van der Waals surface area contributed by atoms with Crippen molar-refractivity contribution in [3.63, 3.8) is 0 Å². The number of carbonyl (C=O) groups excluding carboxylic acids is 2. The van der Waals surface area contributed by atoms with Crippen LogP contribution in [0.1, 0.15) is 12.0 Å². The SMILES string of the molecule is COC(=O)CC1CSC(C(=O)OC)C1=Nc1c(Br)ccc(Cl)c1C. The average Bonchev–Trinajstić information content (AvgIpc) is 2.96. The molecule has 2 atom stereocenters. The van der Waals surface area contributed by atoms with Crippen LogP contribution >= 0.6 is 39.3 Å². The molecule has 0 N–H and O–H groups in total. The highest BCUT2D eigenvalue weighted by Gasteiger charge is 2.39. The number of nitrogens with zero attached hydrogens (tertiary/aromatic N) is 1. The van der Waals surface area contributed by atoms with Crippen LogP contribution in [-0.2, 0) is 19.1 Å². The second-order valence-corrected chi connectivity index (χ2v) is 7.65. The Bertz CT molecular complexity index is 695. The maximum atomic E-state index is 12.1. The summed E-state index contributed by atoms with van der Waals surface area (Å²) >= 11 is 11.1. The number of thioether (sulfide) groups is 1. The number of benzene rings is 1. The van der Waals surface area contributed by atoms with Gasteiger partial charge in [-0.1, -0.05) is 11.6 Å². The molecule has 0 spiro atoms. The molecule has 5 nitrogen and oxygen atoms in total. The van der Waals surface area contributed by atoms with Crippen molar-refractivity contribution in [2.75, 3.05) is 20.0 Å². The van der Waals surface area contributed by atoms with Crippen LogP contribution in [0.4, 0.5) is 5.69 Å². The van der Waals surface area contributed by atoms with E-state index in [1.165, 1.54) is 26.0 Å². The summed E-state index contributed by atoms with van der Waals surface area (Å²) < 4.78 is 10.4. The van der Waals surface area contributed by atoms with Gasteiger partial charge >= 0.3 is 11.9 Å². The molecular weight excluding hydrogens is 418 g/mol. The standard InChI is InChI=1S/C16H17BrClNO4S/c1-8-11(18)5-4-10(17)13(8)19-14-9(6-12(20)22-2)7-24-15(14)16(21)23-3/h4-5,9,15H,6-7H2,1-3H3. The maximum Gasteiger partial charge on any atom is 0.324 e. The van der Waals surface area contributed by atoms with E-state index in [1.54, 1.807) is 12.1 Å². The molecule has 1 aromatic carbocycles. The molecule has 2 unspecified atom stereocenters. The van der Waals surface area contributed by atoms with Gasteiger partial charge < -0.3 is 9.47 Å². The van der Waals surface area contributed by atoms with Gasteiger partial charge in [0.2, 0.25) is 0 Å². The molecule has 8 heteroatoms. The largest absolute Gasteiger partial charge is 0.469 e. The normalized spacial score (nSPS) is 21.8. The summed E-state index contributed by atoms with van der Waals surface area (Å²) in [6.45, 7) is 1.86. The van der Waals surface area contributed by atoms with E-state index in [-0.39, 0.29) is 24.3 Å². The second kappa shape index (κ2) is 8.36. The Morgan fingerprint density at radius 2 is 2.08 bits per heavy atom. The van der Waals surface area contributed by atoms with Gasteiger partial charge in [-0.25, -0.2) is 0 Å². The number of esters is 2. The fraction of sp³-hybridized carbons (Fsp3) is 0.438. The third-order valence-corrected chi connectivity index (χ3v) is 6.17. The van der Waals surface area contributed by atoms with Gasteiger partial charge in [0.1, 0.15) is 5.25 Å². The molecule has 0 aliphatic carbocycles. The molecule has 1 aliphatic rings. The van der Waals surface area contributed by atoms with Gasteiger partial charge in [0.25, 0.3) is 0 Å². The van der Waals surface area contributed by atoms with Crippen molar-refractivity contribution in [3.05, 3.63) is 27.2 Å². The summed E-state index contributed by atoms with van der Waals surface area (Å²) in [5, 5.41) is 0.0530. The highest BCUT2D eigenvalue weighted by molar-refractivity contribution is 9.10. The first-order valence-corrected chi connectivity index (χ1v) is 9.40. The predicted octanol–water partition coefficient (Wildman–Crippen LogP) is 3.95. The summed E-state index contributed by atoms with van der Waals surface area (Å²) in [5.41, 5.74) is 2.07. The summed E-state index contributed by atoms with van der Waals surface area (Å²) in [5.74, 6) is -0.287. The summed E-state index contributed by atoms with van der Waals surface area (Å²) in [4.78, 5) is 28.4. The predicted molar refractivity (Wildman–Crippen MR) is 99.4 cm³/mol. The van der Waals surface area contributed by atoms with Crippen LogP contribution < -0.4 is 0 Å². The highest BCUT2D eigenvalue weighted by atomic mass is 79.9. The minimum absolute atomic E-state index is 0.174. The Kier molecular flexibility index (Phi) is 6.71. The number of rotatable bonds is 4. The van der Waals surface area contributed by atoms with E-state index >= 15 is 0 Å². The Morgan fingerprint density at radius 1 is 1.38 bits per heavy atom. The van der Waals surface area contributed by atoms with E-state index in [2.05, 4.69) is 15.9 Å². The van der Waals surface area contributed by atoms with Crippen LogP contribution in [0.3, 0.4) is 0 Å². The zero-order valence-electron chi connectivity index (χ0n) is 13.5. The molecule has 0 amide bonds. The fourth-order valence-corrected chi connectivity index (χ4v) is 4.43. The van der Waals surface area contributed by atoms with Crippen molar-refractivity contribution in [2.45, 2.75) is 18.6 Å². The zero-order valence-corrected chi connectivity index (χ0v) is 16.6. The van der Waals surface area contributed by atoms with Crippen LogP contribution in [0, 0.1) is 12.8 Å². The molecule has 0 bridgehead atoms. The Morgan fingerprint density at radius 3 is 2.71 bits per heavy atom. The first-order chi connectivity index (χ1) is 11.4. The third kappa shape index (κ3) is 4.13. The van der Waals surface area contributed by atoms with Crippen molar-refractivity contribution in [3.8, 4) is 0 Å². The topological polar surface area (TPSA) is 65.0 Å². The van der Waals surface area contributed by atoms with Crippen LogP contribution in [-0.4, -0.2) is 42.9 Å². The Balaban J connectivity index is 2.47. The monoisotopic (exact) mass is 433 g/mol. The van der Waals surface area contributed by atoms with Gasteiger partial charge in [0, 0.05) is 26.9 Å². The van der Waals surface area contributed by atoms with Gasteiger partial charge in [-0.2, -0.15) is 0 Å². The average molecular weight is 435 g/mol. The van der Waals surface area contributed by atoms with Crippen molar-refractivity contribution < 1.29 is 19.1 Å². The molecule has 0 saturated carbocycles. The molecule has 1 fully saturated rings. The Labute approximate surface area is 158 Å². The number of aliphatic imine (C=N–C) groups is 1. The number of carbonyl (C=O) groups is 2. The van der Waals surface area contributed by atoms with Crippen LogP contribution in [0.5, 0.6) is 0 Å². The van der Waals surface area contributed by atoms with E-state index in [4.69, 9.17) is 26.1 Å². The van der Waals surface area contributed by atoms with Gasteiger partial charge in [0.05, 0.1) is 26.3 Å². The van der Waals surface area contributed by atoms with E-state index in [0.29, 0.717) is 22.2 Å². The van der Waals surface area contributed by atoms with E-state index in [1.807, 2.05) is 6.92 Å². The van der Waals surface area contributed by atoms with E-state index < -0.39 is 5.25 Å². The molecule has 1 saturated heterocycles. The number of halogens is 2. The second-order valence-electron chi connectivity index (χ2n) is 5.25. The molecule has 1 heterocycles. The molecule has 2 rings (SSSR count). The van der Waals surface area contributed by atoms with Gasteiger partial charge in [0.15, 0.2) is 0 Å². The number of hydrogen-bond donors (Lipinski definition) is 0. The highest BCUT2D eigenvalue weighted by Crippen LogP contribution is 2.38. The molecule has 0 aromatic heterocycles. The van der Waals surface area contributed by atoms with Gasteiger partial charge in [-0.15, -0.1) is 11.8 Å². The van der Waals surface area contributed by atoms with Crippen molar-refractivity contribution in [1.82, 2.24) is 0 Å².